The molecule has 112 valence electrons. The maximum atomic E-state index is 13.7. The van der Waals surface area contributed by atoms with Crippen molar-refractivity contribution in [1.29, 1.82) is 0 Å². The van der Waals surface area contributed by atoms with Gasteiger partial charge in [-0.3, -0.25) is 0 Å². The fraction of sp³-hybridized carbons (Fsp3) is 0.294. The summed E-state index contributed by atoms with van der Waals surface area (Å²) in [4.78, 5) is 0. The van der Waals surface area contributed by atoms with Crippen molar-refractivity contribution in [1.82, 2.24) is 5.32 Å². The minimum Gasteiger partial charge on any atom is -0.306 e. The second-order valence-electron chi connectivity index (χ2n) is 5.29. The minimum absolute atomic E-state index is 0.206. The van der Waals surface area contributed by atoms with Gasteiger partial charge in [0.1, 0.15) is 5.82 Å². The van der Waals surface area contributed by atoms with Gasteiger partial charge in [-0.05, 0) is 43.5 Å². The fourth-order valence-electron chi connectivity index (χ4n) is 2.37. The van der Waals surface area contributed by atoms with E-state index in [0.29, 0.717) is 17.7 Å². The van der Waals surface area contributed by atoms with Gasteiger partial charge in [-0.2, -0.15) is 0 Å². The molecule has 1 unspecified atom stereocenters. The highest BCUT2D eigenvalue weighted by atomic mass is 19.2. The van der Waals surface area contributed by atoms with Crippen LogP contribution in [0.2, 0.25) is 0 Å². The molecule has 0 aliphatic heterocycles. The first-order valence-corrected chi connectivity index (χ1v) is 6.83. The van der Waals surface area contributed by atoms with Crippen LogP contribution in [0.25, 0.3) is 0 Å². The molecule has 0 aromatic heterocycles. The number of halogens is 3. The van der Waals surface area contributed by atoms with Crippen LogP contribution in [0.3, 0.4) is 0 Å². The standard InChI is InChI=1S/C17H18F3N/c1-10-7-13(8-11(2)16(10)19)9-21-12(3)14-5-4-6-15(18)17(14)20/h4-8,12,21H,9H2,1-3H3. The van der Waals surface area contributed by atoms with Crippen LogP contribution < -0.4 is 5.32 Å². The van der Waals surface area contributed by atoms with Crippen molar-refractivity contribution in [2.75, 3.05) is 0 Å². The van der Waals surface area contributed by atoms with Crippen LogP contribution >= 0.6 is 0 Å². The van der Waals surface area contributed by atoms with Gasteiger partial charge >= 0.3 is 0 Å². The van der Waals surface area contributed by atoms with Gasteiger partial charge < -0.3 is 5.32 Å². The van der Waals surface area contributed by atoms with Gasteiger partial charge in [-0.1, -0.05) is 24.3 Å². The lowest BCUT2D eigenvalue weighted by atomic mass is 10.0. The Bertz CT molecular complexity index is 629. The third-order valence-electron chi connectivity index (χ3n) is 3.56. The molecule has 1 atom stereocenters. The van der Waals surface area contributed by atoms with Gasteiger partial charge in [-0.15, -0.1) is 0 Å². The van der Waals surface area contributed by atoms with Gasteiger partial charge in [0.2, 0.25) is 0 Å². The molecule has 1 nitrogen and oxygen atoms in total. The Morgan fingerprint density at radius 3 is 2.24 bits per heavy atom. The second-order valence-corrected chi connectivity index (χ2v) is 5.29. The Morgan fingerprint density at radius 1 is 1.00 bits per heavy atom. The number of hydrogen-bond acceptors (Lipinski definition) is 1. The molecule has 0 fully saturated rings. The Morgan fingerprint density at radius 2 is 1.62 bits per heavy atom. The van der Waals surface area contributed by atoms with Gasteiger partial charge in [0.25, 0.3) is 0 Å². The maximum absolute atomic E-state index is 13.7. The lowest BCUT2D eigenvalue weighted by molar-refractivity contribution is 0.472. The zero-order chi connectivity index (χ0) is 15.6. The van der Waals surface area contributed by atoms with Gasteiger partial charge in [0, 0.05) is 18.2 Å². The summed E-state index contributed by atoms with van der Waals surface area (Å²) in [5.74, 6) is -1.89. The molecule has 0 spiro atoms. The third-order valence-corrected chi connectivity index (χ3v) is 3.56. The van der Waals surface area contributed by atoms with Crippen LogP contribution in [0, 0.1) is 31.3 Å². The second kappa shape index (κ2) is 6.31. The normalized spacial score (nSPS) is 12.5. The summed E-state index contributed by atoms with van der Waals surface area (Å²) >= 11 is 0. The summed E-state index contributed by atoms with van der Waals surface area (Å²) in [5, 5.41) is 3.13. The molecule has 0 heterocycles. The van der Waals surface area contributed by atoms with Crippen LogP contribution in [0.5, 0.6) is 0 Å². The number of rotatable bonds is 4. The topological polar surface area (TPSA) is 12.0 Å². The van der Waals surface area contributed by atoms with Crippen molar-refractivity contribution in [3.8, 4) is 0 Å². The summed E-state index contributed by atoms with van der Waals surface area (Å²) in [6.45, 7) is 5.64. The molecule has 0 amide bonds. The van der Waals surface area contributed by atoms with E-state index in [1.807, 2.05) is 0 Å². The van der Waals surface area contributed by atoms with E-state index >= 15 is 0 Å². The molecule has 2 rings (SSSR count). The van der Waals surface area contributed by atoms with Crippen LogP contribution in [-0.4, -0.2) is 0 Å². The maximum Gasteiger partial charge on any atom is 0.163 e. The molecular weight excluding hydrogens is 275 g/mol. The van der Waals surface area contributed by atoms with Crippen molar-refractivity contribution in [3.63, 3.8) is 0 Å². The summed E-state index contributed by atoms with van der Waals surface area (Å²) in [5.41, 5.74) is 2.35. The number of hydrogen-bond donors (Lipinski definition) is 1. The minimum atomic E-state index is -0.852. The Balaban J connectivity index is 2.11. The molecule has 2 aromatic rings. The molecule has 2 aromatic carbocycles. The summed E-state index contributed by atoms with van der Waals surface area (Å²) < 4.78 is 40.5. The Kier molecular flexibility index (Phi) is 4.68. The Labute approximate surface area is 122 Å². The molecular formula is C17H18F3N. The largest absolute Gasteiger partial charge is 0.306 e. The van der Waals surface area contributed by atoms with Crippen molar-refractivity contribution >= 4 is 0 Å². The Hall–Kier alpha value is -1.81. The molecule has 0 saturated carbocycles. The third kappa shape index (κ3) is 3.45. The van der Waals surface area contributed by atoms with Crippen LogP contribution in [0.4, 0.5) is 13.2 Å². The molecule has 0 bridgehead atoms. The van der Waals surface area contributed by atoms with E-state index < -0.39 is 11.6 Å². The van der Waals surface area contributed by atoms with Crippen LogP contribution in [-0.2, 0) is 6.54 Å². The number of benzene rings is 2. The molecule has 0 aliphatic rings. The van der Waals surface area contributed by atoms with Gasteiger partial charge in [0.15, 0.2) is 11.6 Å². The molecule has 0 radical (unpaired) electrons. The predicted octanol–water partition coefficient (Wildman–Crippen LogP) is 4.57. The van der Waals surface area contributed by atoms with E-state index in [9.17, 15) is 13.2 Å². The monoisotopic (exact) mass is 293 g/mol. The van der Waals surface area contributed by atoms with E-state index in [2.05, 4.69) is 5.32 Å². The number of nitrogens with one attached hydrogen (secondary N) is 1. The zero-order valence-electron chi connectivity index (χ0n) is 12.3. The van der Waals surface area contributed by atoms with Crippen molar-refractivity contribution in [3.05, 3.63) is 70.0 Å². The molecule has 4 heteroatoms. The average Bonchev–Trinajstić information content (AvgIpc) is 2.45. The highest BCUT2D eigenvalue weighted by Gasteiger charge is 2.14. The van der Waals surface area contributed by atoms with Crippen LogP contribution in [0.15, 0.2) is 30.3 Å². The SMILES string of the molecule is Cc1cc(CNC(C)c2cccc(F)c2F)cc(C)c1F. The van der Waals surface area contributed by atoms with E-state index in [4.69, 9.17) is 0 Å². The molecule has 1 N–H and O–H groups in total. The lowest BCUT2D eigenvalue weighted by Gasteiger charge is -2.16. The van der Waals surface area contributed by atoms with E-state index in [1.165, 1.54) is 6.07 Å². The predicted molar refractivity (Wildman–Crippen MR) is 77.5 cm³/mol. The first kappa shape index (κ1) is 15.6. The molecule has 0 saturated heterocycles. The lowest BCUT2D eigenvalue weighted by Crippen LogP contribution is -2.19. The summed E-state index contributed by atoms with van der Waals surface area (Å²) in [6, 6.07) is 7.30. The van der Waals surface area contributed by atoms with Gasteiger partial charge in [-0.25, -0.2) is 13.2 Å². The molecule has 0 aliphatic carbocycles. The average molecular weight is 293 g/mol. The van der Waals surface area contributed by atoms with Gasteiger partial charge in [0.05, 0.1) is 0 Å². The van der Waals surface area contributed by atoms with Crippen molar-refractivity contribution in [2.24, 2.45) is 0 Å². The van der Waals surface area contributed by atoms with Crippen molar-refractivity contribution in [2.45, 2.75) is 33.4 Å². The van der Waals surface area contributed by atoms with E-state index in [1.54, 1.807) is 39.0 Å². The fourth-order valence-corrected chi connectivity index (χ4v) is 2.37. The van der Waals surface area contributed by atoms with E-state index in [0.717, 1.165) is 11.6 Å². The zero-order valence-corrected chi connectivity index (χ0v) is 12.3. The summed E-state index contributed by atoms with van der Waals surface area (Å²) in [6.07, 6.45) is 0. The first-order valence-electron chi connectivity index (χ1n) is 6.83. The van der Waals surface area contributed by atoms with Crippen molar-refractivity contribution < 1.29 is 13.2 Å². The molecule has 21 heavy (non-hydrogen) atoms. The van der Waals surface area contributed by atoms with E-state index in [-0.39, 0.29) is 17.4 Å². The highest BCUT2D eigenvalue weighted by Crippen LogP contribution is 2.20. The summed E-state index contributed by atoms with van der Waals surface area (Å²) in [7, 11) is 0. The smallest absolute Gasteiger partial charge is 0.163 e. The number of aryl methyl sites for hydroxylation is 2. The van der Waals surface area contributed by atoms with Crippen LogP contribution in [0.1, 0.15) is 35.2 Å². The highest BCUT2D eigenvalue weighted by molar-refractivity contribution is 5.30. The first-order chi connectivity index (χ1) is 9.90. The quantitative estimate of drug-likeness (QED) is 0.870.